The van der Waals surface area contributed by atoms with E-state index in [1.165, 1.54) is 6.07 Å². The molecule has 176 valence electrons. The number of carbonyl (C=O) groups is 1. The smallest absolute Gasteiger partial charge is 0.325 e. The lowest BCUT2D eigenvalue weighted by molar-refractivity contribution is -0.137. The maximum absolute atomic E-state index is 13.1. The number of rotatable bonds is 5. The minimum absolute atomic E-state index is 0. The van der Waals surface area contributed by atoms with Crippen molar-refractivity contribution in [1.29, 1.82) is 0 Å². The van der Waals surface area contributed by atoms with Crippen LogP contribution in [-0.4, -0.2) is 23.1 Å². The summed E-state index contributed by atoms with van der Waals surface area (Å²) < 4.78 is 40.9. The number of alkyl halides is 3. The fourth-order valence-corrected chi connectivity index (χ4v) is 4.23. The largest absolute Gasteiger partial charge is 0.417 e. The first-order valence-corrected chi connectivity index (χ1v) is 10.6. The molecule has 2 heterocycles. The Bertz CT molecular complexity index is 1220. The van der Waals surface area contributed by atoms with E-state index in [2.05, 4.69) is 10.6 Å². The molecule has 0 radical (unpaired) electrons. The average Bonchev–Trinajstić information content (AvgIpc) is 3.24. The maximum Gasteiger partial charge on any atom is 0.417 e. The molecule has 4 rings (SSSR count). The molecule has 9 heteroatoms. The second-order valence-corrected chi connectivity index (χ2v) is 8.28. The van der Waals surface area contributed by atoms with E-state index in [4.69, 9.17) is 11.6 Å². The molecule has 33 heavy (non-hydrogen) atoms. The van der Waals surface area contributed by atoms with Gasteiger partial charge in [-0.3, -0.25) is 9.59 Å². The van der Waals surface area contributed by atoms with Crippen molar-refractivity contribution in [3.05, 3.63) is 75.2 Å². The van der Waals surface area contributed by atoms with Gasteiger partial charge in [-0.25, -0.2) is 0 Å². The number of hydrogen-bond donors (Lipinski definition) is 2. The monoisotopic (exact) mass is 479 g/mol. The first-order chi connectivity index (χ1) is 15.2. The molecule has 2 N–H and O–H groups in total. The van der Waals surface area contributed by atoms with E-state index in [1.54, 1.807) is 35.0 Å². The van der Waals surface area contributed by atoms with Crippen LogP contribution < -0.4 is 16.2 Å². The van der Waals surface area contributed by atoms with Gasteiger partial charge in [-0.2, -0.15) is 13.2 Å². The van der Waals surface area contributed by atoms with Gasteiger partial charge in [0.15, 0.2) is 0 Å². The summed E-state index contributed by atoms with van der Waals surface area (Å²) in [6.07, 6.45) is -1.06. The molecule has 1 saturated heterocycles. The molecule has 0 aliphatic carbocycles. The second kappa shape index (κ2) is 9.97. The standard InChI is InChI=1S/C23H21ClF3N3O2.CH4/c24-19-7-6-14(11-18(19)23(25,26)27)12-21(31)29-20-5-1-4-17-16(20)8-10-30(22(17)32)13-15-3-2-9-28-15;/h1,4-8,10-11,15,28H,2-3,9,12-13H2,(H,29,31);1H4/t15-;/m0./s1. The molecule has 0 saturated carbocycles. The minimum Gasteiger partial charge on any atom is -0.325 e. The zero-order valence-corrected chi connectivity index (χ0v) is 17.8. The van der Waals surface area contributed by atoms with Crippen molar-refractivity contribution in [1.82, 2.24) is 9.88 Å². The summed E-state index contributed by atoms with van der Waals surface area (Å²) in [6, 6.07) is 10.4. The second-order valence-electron chi connectivity index (χ2n) is 7.87. The van der Waals surface area contributed by atoms with E-state index in [1.807, 2.05) is 0 Å². The van der Waals surface area contributed by atoms with E-state index in [0.29, 0.717) is 23.0 Å². The van der Waals surface area contributed by atoms with Crippen LogP contribution in [0.5, 0.6) is 0 Å². The maximum atomic E-state index is 13.1. The lowest BCUT2D eigenvalue weighted by atomic mass is 10.1. The number of halogens is 4. The topological polar surface area (TPSA) is 63.1 Å². The summed E-state index contributed by atoms with van der Waals surface area (Å²) in [5.74, 6) is -0.493. The number of fused-ring (bicyclic) bond motifs is 1. The van der Waals surface area contributed by atoms with Crippen molar-refractivity contribution in [2.24, 2.45) is 0 Å². The first kappa shape index (κ1) is 24.8. The van der Waals surface area contributed by atoms with Gasteiger partial charge in [0.2, 0.25) is 5.91 Å². The number of aromatic nitrogens is 1. The third-order valence-electron chi connectivity index (χ3n) is 5.57. The molecule has 5 nitrogen and oxygen atoms in total. The summed E-state index contributed by atoms with van der Waals surface area (Å²) in [6.45, 7) is 1.52. The summed E-state index contributed by atoms with van der Waals surface area (Å²) in [7, 11) is 0. The normalized spacial score (nSPS) is 15.9. The number of nitrogens with zero attached hydrogens (tertiary/aromatic N) is 1. The number of carbonyl (C=O) groups excluding carboxylic acids is 1. The highest BCUT2D eigenvalue weighted by molar-refractivity contribution is 6.31. The summed E-state index contributed by atoms with van der Waals surface area (Å²) >= 11 is 5.64. The van der Waals surface area contributed by atoms with Gasteiger partial charge in [-0.1, -0.05) is 31.2 Å². The molecular formula is C24H25ClF3N3O2. The van der Waals surface area contributed by atoms with Crippen molar-refractivity contribution in [3.8, 4) is 0 Å². The zero-order valence-electron chi connectivity index (χ0n) is 17.0. The molecule has 0 spiro atoms. The van der Waals surface area contributed by atoms with E-state index in [0.717, 1.165) is 31.5 Å². The fourth-order valence-electron chi connectivity index (χ4n) is 4.00. The van der Waals surface area contributed by atoms with Gasteiger partial charge in [-0.05, 0) is 55.3 Å². The van der Waals surface area contributed by atoms with Crippen molar-refractivity contribution in [2.75, 3.05) is 11.9 Å². The molecule has 3 aromatic rings. The van der Waals surface area contributed by atoms with Crippen LogP contribution >= 0.6 is 11.6 Å². The van der Waals surface area contributed by atoms with Crippen LogP contribution in [0.3, 0.4) is 0 Å². The van der Waals surface area contributed by atoms with Gasteiger partial charge in [0, 0.05) is 35.2 Å². The molecule has 1 aliphatic heterocycles. The molecule has 1 atom stereocenters. The summed E-state index contributed by atoms with van der Waals surface area (Å²) in [4.78, 5) is 25.4. The predicted octanol–water partition coefficient (Wildman–Crippen LogP) is 5.24. The number of pyridine rings is 1. The van der Waals surface area contributed by atoms with Crippen LogP contribution in [0.25, 0.3) is 10.8 Å². The molecular weight excluding hydrogens is 455 g/mol. The first-order valence-electron chi connectivity index (χ1n) is 10.2. The Balaban J connectivity index is 0.00000306. The van der Waals surface area contributed by atoms with Crippen molar-refractivity contribution in [3.63, 3.8) is 0 Å². The molecule has 1 fully saturated rings. The Morgan fingerprint density at radius 3 is 2.67 bits per heavy atom. The number of nitrogens with one attached hydrogen (secondary N) is 2. The van der Waals surface area contributed by atoms with E-state index >= 15 is 0 Å². The molecule has 1 aliphatic rings. The SMILES string of the molecule is C.O=C(Cc1ccc(Cl)c(C(F)(F)F)c1)Nc1cccc2c(=O)n(C[C@@H]3CCCN3)ccc12. The van der Waals surface area contributed by atoms with Gasteiger partial charge in [0.25, 0.3) is 5.56 Å². The number of benzene rings is 2. The van der Waals surface area contributed by atoms with Crippen molar-refractivity contribution in [2.45, 2.75) is 45.5 Å². The number of amides is 1. The fraction of sp³-hybridized carbons (Fsp3) is 0.333. The van der Waals surface area contributed by atoms with Crippen LogP contribution in [0, 0.1) is 0 Å². The number of hydrogen-bond acceptors (Lipinski definition) is 3. The van der Waals surface area contributed by atoms with Crippen molar-refractivity contribution >= 4 is 34.0 Å². The van der Waals surface area contributed by atoms with Gasteiger partial charge in [0.1, 0.15) is 0 Å². The van der Waals surface area contributed by atoms with Crippen LogP contribution in [0.15, 0.2) is 53.5 Å². The molecule has 1 aromatic heterocycles. The van der Waals surface area contributed by atoms with Crippen molar-refractivity contribution < 1.29 is 18.0 Å². The Labute approximate surface area is 194 Å². The Morgan fingerprint density at radius 2 is 1.97 bits per heavy atom. The highest BCUT2D eigenvalue weighted by Crippen LogP contribution is 2.35. The van der Waals surface area contributed by atoms with Crippen LogP contribution in [0.4, 0.5) is 18.9 Å². The van der Waals surface area contributed by atoms with Gasteiger partial charge in [-0.15, -0.1) is 0 Å². The predicted molar refractivity (Wildman–Crippen MR) is 125 cm³/mol. The van der Waals surface area contributed by atoms with Crippen LogP contribution in [0.1, 0.15) is 31.4 Å². The van der Waals surface area contributed by atoms with Gasteiger partial charge >= 0.3 is 6.18 Å². The Kier molecular flexibility index (Phi) is 7.49. The van der Waals surface area contributed by atoms with E-state index < -0.39 is 22.7 Å². The molecule has 1 amide bonds. The van der Waals surface area contributed by atoms with Crippen LogP contribution in [0.2, 0.25) is 5.02 Å². The highest BCUT2D eigenvalue weighted by atomic mass is 35.5. The zero-order chi connectivity index (χ0) is 22.9. The Hall–Kier alpha value is -2.84. The van der Waals surface area contributed by atoms with E-state index in [-0.39, 0.29) is 31.0 Å². The lowest BCUT2D eigenvalue weighted by Crippen LogP contribution is -2.32. The number of anilines is 1. The molecule has 0 bridgehead atoms. The third kappa shape index (κ3) is 5.57. The minimum atomic E-state index is -4.60. The molecule has 2 aromatic carbocycles. The van der Waals surface area contributed by atoms with E-state index in [9.17, 15) is 22.8 Å². The summed E-state index contributed by atoms with van der Waals surface area (Å²) in [5.41, 5.74) is -0.515. The average molecular weight is 480 g/mol. The van der Waals surface area contributed by atoms with Gasteiger partial charge in [0.05, 0.1) is 17.0 Å². The summed E-state index contributed by atoms with van der Waals surface area (Å²) in [5, 5.41) is 6.70. The highest BCUT2D eigenvalue weighted by Gasteiger charge is 2.33. The quantitative estimate of drug-likeness (QED) is 0.526. The third-order valence-corrected chi connectivity index (χ3v) is 5.90. The van der Waals surface area contributed by atoms with Gasteiger partial charge < -0.3 is 15.2 Å². The van der Waals surface area contributed by atoms with Crippen LogP contribution in [-0.2, 0) is 23.9 Å². The lowest BCUT2D eigenvalue weighted by Gasteiger charge is -2.15. The Morgan fingerprint density at radius 1 is 1.18 bits per heavy atom. The molecule has 0 unspecified atom stereocenters.